The van der Waals surface area contributed by atoms with E-state index in [9.17, 15) is 30.0 Å². The van der Waals surface area contributed by atoms with Crippen LogP contribution >= 0.6 is 0 Å². The lowest BCUT2D eigenvalue weighted by Crippen LogP contribution is -2.19. The number of benzene rings is 2. The van der Waals surface area contributed by atoms with Gasteiger partial charge < -0.3 is 30.6 Å². The Balaban J connectivity index is 0.000000620. The Labute approximate surface area is 180 Å². The van der Waals surface area contributed by atoms with E-state index >= 15 is 0 Å². The number of para-hydroxylation sites is 2. The minimum absolute atomic E-state index is 0.176. The molecule has 8 nitrogen and oxygen atoms in total. The van der Waals surface area contributed by atoms with Crippen LogP contribution in [0.2, 0.25) is 0 Å². The molecule has 0 spiro atoms. The summed E-state index contributed by atoms with van der Waals surface area (Å²) >= 11 is 0. The molecule has 168 valence electrons. The molecular weight excluding hydrogens is 404 g/mol. The first-order chi connectivity index (χ1) is 14.1. The average Bonchev–Trinajstić information content (AvgIpc) is 2.66. The SMILES string of the molecule is C=C(C)C(=O)O.C=C(C)C(=O)O.CC(C)(c1cccc(O)c1O)c1cccc(O)c1O. The van der Waals surface area contributed by atoms with Gasteiger partial charge in [0, 0.05) is 27.7 Å². The number of carboxylic acids is 2. The molecule has 0 saturated carbocycles. The standard InChI is InChI=1S/C15H16O4.2C4H6O2/c1-15(2,9-5-3-7-11(16)13(9)18)10-6-4-8-12(17)14(10)19;2*1-3(2)4(5)6/h3-8,16-19H,1-2H3;2*1H2,2H3,(H,5,6). The Bertz CT molecular complexity index is 872. The third-order valence-electron chi connectivity index (χ3n) is 4.11. The fourth-order valence-corrected chi connectivity index (χ4v) is 2.22. The molecule has 6 N–H and O–H groups in total. The molecule has 0 bridgehead atoms. The molecular formula is C23H28O8. The first kappa shape index (κ1) is 27.1. The van der Waals surface area contributed by atoms with Gasteiger partial charge in [0.1, 0.15) is 0 Å². The summed E-state index contributed by atoms with van der Waals surface area (Å²) in [5.74, 6) is -2.76. The van der Waals surface area contributed by atoms with E-state index in [4.69, 9.17) is 10.2 Å². The van der Waals surface area contributed by atoms with Crippen LogP contribution < -0.4 is 0 Å². The van der Waals surface area contributed by atoms with Gasteiger partial charge in [-0.2, -0.15) is 0 Å². The van der Waals surface area contributed by atoms with Crippen molar-refractivity contribution in [1.82, 2.24) is 0 Å². The Morgan fingerprint density at radius 3 is 1.19 bits per heavy atom. The van der Waals surface area contributed by atoms with Gasteiger partial charge in [-0.25, -0.2) is 9.59 Å². The maximum Gasteiger partial charge on any atom is 0.330 e. The van der Waals surface area contributed by atoms with Gasteiger partial charge in [0.05, 0.1) is 0 Å². The van der Waals surface area contributed by atoms with Crippen molar-refractivity contribution < 1.29 is 40.2 Å². The molecule has 2 rings (SSSR count). The van der Waals surface area contributed by atoms with Crippen molar-refractivity contribution in [2.45, 2.75) is 33.1 Å². The van der Waals surface area contributed by atoms with Crippen molar-refractivity contribution in [2.75, 3.05) is 0 Å². The summed E-state index contributed by atoms with van der Waals surface area (Å²) in [5.41, 5.74) is 0.512. The zero-order valence-corrected chi connectivity index (χ0v) is 17.9. The lowest BCUT2D eigenvalue weighted by molar-refractivity contribution is -0.133. The number of phenols is 4. The summed E-state index contributed by atoms with van der Waals surface area (Å²) in [5, 5.41) is 54.8. The van der Waals surface area contributed by atoms with Crippen molar-refractivity contribution in [3.63, 3.8) is 0 Å². The van der Waals surface area contributed by atoms with Crippen LogP contribution in [0.4, 0.5) is 0 Å². The van der Waals surface area contributed by atoms with Crippen LogP contribution in [0.3, 0.4) is 0 Å². The highest BCUT2D eigenvalue weighted by Gasteiger charge is 2.30. The maximum atomic E-state index is 9.96. The van der Waals surface area contributed by atoms with Crippen molar-refractivity contribution >= 4 is 11.9 Å². The quantitative estimate of drug-likeness (QED) is 0.311. The zero-order chi connectivity index (χ0) is 24.5. The Hall–Kier alpha value is -3.94. The van der Waals surface area contributed by atoms with Crippen LogP contribution in [0.15, 0.2) is 60.7 Å². The highest BCUT2D eigenvalue weighted by atomic mass is 16.4. The molecule has 31 heavy (non-hydrogen) atoms. The second kappa shape index (κ2) is 11.3. The highest BCUT2D eigenvalue weighted by Crippen LogP contribution is 2.45. The highest BCUT2D eigenvalue weighted by molar-refractivity contribution is 5.85. The third-order valence-corrected chi connectivity index (χ3v) is 4.11. The number of rotatable bonds is 4. The largest absolute Gasteiger partial charge is 0.504 e. The van der Waals surface area contributed by atoms with E-state index in [0.717, 1.165) is 0 Å². The van der Waals surface area contributed by atoms with Gasteiger partial charge in [-0.15, -0.1) is 0 Å². The summed E-state index contributed by atoms with van der Waals surface area (Å²) < 4.78 is 0. The average molecular weight is 432 g/mol. The summed E-state index contributed by atoms with van der Waals surface area (Å²) in [6.45, 7) is 12.8. The molecule has 2 aromatic carbocycles. The van der Waals surface area contributed by atoms with Crippen molar-refractivity contribution in [2.24, 2.45) is 0 Å². The van der Waals surface area contributed by atoms with Gasteiger partial charge >= 0.3 is 11.9 Å². The van der Waals surface area contributed by atoms with E-state index in [1.165, 1.54) is 26.0 Å². The summed E-state index contributed by atoms with van der Waals surface area (Å²) in [6, 6.07) is 9.34. The maximum absolute atomic E-state index is 9.96. The summed E-state index contributed by atoms with van der Waals surface area (Å²) in [7, 11) is 0. The van der Waals surface area contributed by atoms with Gasteiger partial charge in [0.2, 0.25) is 0 Å². The fraction of sp³-hybridized carbons (Fsp3) is 0.217. The van der Waals surface area contributed by atoms with Crippen molar-refractivity contribution in [3.05, 3.63) is 71.8 Å². The molecule has 0 fully saturated rings. The van der Waals surface area contributed by atoms with Gasteiger partial charge in [-0.1, -0.05) is 51.3 Å². The molecule has 0 radical (unpaired) electrons. The van der Waals surface area contributed by atoms with E-state index in [0.29, 0.717) is 11.1 Å². The van der Waals surface area contributed by atoms with Gasteiger partial charge in [-0.05, 0) is 26.0 Å². The molecule has 2 aromatic rings. The molecule has 0 aromatic heterocycles. The lowest BCUT2D eigenvalue weighted by atomic mass is 9.77. The molecule has 0 aliphatic carbocycles. The van der Waals surface area contributed by atoms with E-state index in [2.05, 4.69) is 13.2 Å². The monoisotopic (exact) mass is 432 g/mol. The number of carbonyl (C=O) groups is 2. The van der Waals surface area contributed by atoms with Crippen LogP contribution in [0.25, 0.3) is 0 Å². The van der Waals surface area contributed by atoms with Gasteiger partial charge in [-0.3, -0.25) is 0 Å². The molecule has 0 atom stereocenters. The molecule has 0 saturated heterocycles. The second-order valence-corrected chi connectivity index (χ2v) is 7.14. The molecule has 0 amide bonds. The minimum atomic E-state index is -0.935. The number of hydrogen-bond acceptors (Lipinski definition) is 6. The van der Waals surface area contributed by atoms with Gasteiger partial charge in [0.15, 0.2) is 23.0 Å². The molecule has 0 heterocycles. The molecule has 8 heteroatoms. The fourth-order valence-electron chi connectivity index (χ4n) is 2.22. The summed E-state index contributed by atoms with van der Waals surface area (Å²) in [6.07, 6.45) is 0. The number of carboxylic acid groups (broad SMARTS) is 2. The summed E-state index contributed by atoms with van der Waals surface area (Å²) in [4.78, 5) is 19.2. The normalized spacial score (nSPS) is 9.94. The number of aromatic hydroxyl groups is 4. The smallest absolute Gasteiger partial charge is 0.330 e. The minimum Gasteiger partial charge on any atom is -0.504 e. The van der Waals surface area contributed by atoms with Crippen LogP contribution in [-0.4, -0.2) is 42.6 Å². The predicted octanol–water partition coefficient (Wildman–Crippen LogP) is 4.13. The number of aliphatic carboxylic acids is 2. The lowest BCUT2D eigenvalue weighted by Gasteiger charge is -2.28. The first-order valence-corrected chi connectivity index (χ1v) is 8.95. The zero-order valence-electron chi connectivity index (χ0n) is 17.9. The molecule has 0 unspecified atom stereocenters. The van der Waals surface area contributed by atoms with E-state index in [1.54, 1.807) is 38.1 Å². The third kappa shape index (κ3) is 7.77. The van der Waals surface area contributed by atoms with Gasteiger partial charge in [0.25, 0.3) is 0 Å². The van der Waals surface area contributed by atoms with Crippen LogP contribution in [0.5, 0.6) is 23.0 Å². The molecule has 0 aliphatic heterocycles. The predicted molar refractivity (Wildman–Crippen MR) is 117 cm³/mol. The van der Waals surface area contributed by atoms with Crippen LogP contribution in [0.1, 0.15) is 38.8 Å². The Morgan fingerprint density at radius 2 is 0.968 bits per heavy atom. The van der Waals surface area contributed by atoms with Crippen molar-refractivity contribution in [1.29, 1.82) is 0 Å². The Morgan fingerprint density at radius 1 is 0.710 bits per heavy atom. The molecule has 0 aliphatic rings. The first-order valence-electron chi connectivity index (χ1n) is 8.95. The number of hydrogen-bond donors (Lipinski definition) is 6. The van der Waals surface area contributed by atoms with E-state index < -0.39 is 17.4 Å². The van der Waals surface area contributed by atoms with Crippen LogP contribution in [-0.2, 0) is 15.0 Å². The topological polar surface area (TPSA) is 156 Å². The number of phenolic OH excluding ortho intramolecular Hbond substituents is 4. The Kier molecular flexibility index (Phi) is 9.86. The van der Waals surface area contributed by atoms with Crippen LogP contribution in [0, 0.1) is 0 Å². The van der Waals surface area contributed by atoms with E-state index in [1.807, 2.05) is 0 Å². The second-order valence-electron chi connectivity index (χ2n) is 7.14. The van der Waals surface area contributed by atoms with Crippen molar-refractivity contribution in [3.8, 4) is 23.0 Å². The van der Waals surface area contributed by atoms with E-state index in [-0.39, 0.29) is 34.1 Å².